The smallest absolute Gasteiger partial charge is 0.0474 e. The van der Waals surface area contributed by atoms with Crippen molar-refractivity contribution in [2.24, 2.45) is 11.3 Å². The lowest BCUT2D eigenvalue weighted by Gasteiger charge is -2.35. The topological polar surface area (TPSA) is 32.3 Å². The molecule has 2 saturated carbocycles. The Morgan fingerprint density at radius 3 is 2.60 bits per heavy atom. The molecule has 0 heterocycles. The van der Waals surface area contributed by atoms with E-state index in [1.54, 1.807) is 0 Å². The van der Waals surface area contributed by atoms with Crippen LogP contribution in [0.1, 0.15) is 52.4 Å². The summed E-state index contributed by atoms with van der Waals surface area (Å²) in [5, 5.41) is 13.1. The molecule has 2 aliphatic carbocycles. The first-order chi connectivity index (χ1) is 7.15. The van der Waals surface area contributed by atoms with Gasteiger partial charge in [0.15, 0.2) is 0 Å². The van der Waals surface area contributed by atoms with Gasteiger partial charge in [0.1, 0.15) is 0 Å². The van der Waals surface area contributed by atoms with Gasteiger partial charge in [0, 0.05) is 18.7 Å². The van der Waals surface area contributed by atoms with Crippen molar-refractivity contribution in [1.82, 2.24) is 5.32 Å². The van der Waals surface area contributed by atoms with E-state index in [4.69, 9.17) is 0 Å². The number of rotatable bonds is 4. The van der Waals surface area contributed by atoms with Crippen LogP contribution in [-0.4, -0.2) is 23.8 Å². The molecule has 2 heteroatoms. The minimum Gasteiger partial charge on any atom is -0.396 e. The molecule has 0 amide bonds. The Balaban J connectivity index is 1.85. The van der Waals surface area contributed by atoms with Crippen LogP contribution in [0.5, 0.6) is 0 Å². The molecule has 0 aliphatic heterocycles. The highest BCUT2D eigenvalue weighted by atomic mass is 16.3. The van der Waals surface area contributed by atoms with Crippen LogP contribution in [0.15, 0.2) is 0 Å². The largest absolute Gasteiger partial charge is 0.396 e. The van der Waals surface area contributed by atoms with Gasteiger partial charge in [-0.05, 0) is 43.9 Å². The van der Waals surface area contributed by atoms with E-state index in [2.05, 4.69) is 19.2 Å². The van der Waals surface area contributed by atoms with E-state index in [0.717, 1.165) is 0 Å². The van der Waals surface area contributed by atoms with Crippen LogP contribution in [0.3, 0.4) is 0 Å². The maximum Gasteiger partial charge on any atom is 0.0474 e. The maximum absolute atomic E-state index is 9.35. The summed E-state index contributed by atoms with van der Waals surface area (Å²) < 4.78 is 0. The Labute approximate surface area is 93.5 Å². The fourth-order valence-corrected chi connectivity index (χ4v) is 2.80. The summed E-state index contributed by atoms with van der Waals surface area (Å²) in [7, 11) is 0. The molecule has 0 aromatic heterocycles. The zero-order valence-electron chi connectivity index (χ0n) is 10.1. The van der Waals surface area contributed by atoms with Gasteiger partial charge in [0.25, 0.3) is 0 Å². The molecule has 0 aromatic rings. The van der Waals surface area contributed by atoms with Gasteiger partial charge in [-0.1, -0.05) is 19.8 Å². The molecule has 0 bridgehead atoms. The normalized spacial score (nSPS) is 36.2. The molecule has 0 aromatic carbocycles. The predicted octanol–water partition coefficient (Wildman–Crippen LogP) is 2.32. The molecule has 0 spiro atoms. The van der Waals surface area contributed by atoms with Crippen molar-refractivity contribution in [2.45, 2.75) is 64.5 Å². The summed E-state index contributed by atoms with van der Waals surface area (Å²) in [5.41, 5.74) is 0.553. The minimum atomic E-state index is 0.362. The van der Waals surface area contributed by atoms with Gasteiger partial charge in [0.2, 0.25) is 0 Å². The van der Waals surface area contributed by atoms with Crippen LogP contribution in [0.4, 0.5) is 0 Å². The third kappa shape index (κ3) is 2.54. The molecule has 2 aliphatic rings. The fourth-order valence-electron chi connectivity index (χ4n) is 2.80. The third-order valence-corrected chi connectivity index (χ3v) is 4.69. The summed E-state index contributed by atoms with van der Waals surface area (Å²) in [5.74, 6) is 0.503. The molecule has 0 saturated heterocycles. The van der Waals surface area contributed by atoms with Crippen LogP contribution < -0.4 is 5.32 Å². The predicted molar refractivity (Wildman–Crippen MR) is 62.8 cm³/mol. The zero-order chi connectivity index (χ0) is 10.9. The molecule has 15 heavy (non-hydrogen) atoms. The maximum atomic E-state index is 9.35. The van der Waals surface area contributed by atoms with Crippen LogP contribution in [0.2, 0.25) is 0 Å². The Hall–Kier alpha value is -0.0800. The number of hydrogen-bond donors (Lipinski definition) is 2. The summed E-state index contributed by atoms with van der Waals surface area (Å²) >= 11 is 0. The Bertz CT molecular complexity index is 213. The van der Waals surface area contributed by atoms with E-state index < -0.39 is 0 Å². The minimum absolute atomic E-state index is 0.362. The van der Waals surface area contributed by atoms with Crippen LogP contribution >= 0.6 is 0 Å². The van der Waals surface area contributed by atoms with Crippen molar-refractivity contribution in [3.8, 4) is 0 Å². The Morgan fingerprint density at radius 1 is 1.33 bits per heavy atom. The van der Waals surface area contributed by atoms with Gasteiger partial charge in [-0.2, -0.15) is 0 Å². The average molecular weight is 211 g/mol. The Kier molecular flexibility index (Phi) is 3.36. The lowest BCUT2D eigenvalue weighted by atomic mass is 9.84. The molecule has 3 atom stereocenters. The van der Waals surface area contributed by atoms with Crippen molar-refractivity contribution in [2.75, 3.05) is 6.61 Å². The van der Waals surface area contributed by atoms with Gasteiger partial charge in [-0.15, -0.1) is 0 Å². The summed E-state index contributed by atoms with van der Waals surface area (Å²) in [6, 6.07) is 1.19. The quantitative estimate of drug-likeness (QED) is 0.748. The van der Waals surface area contributed by atoms with Crippen molar-refractivity contribution in [1.29, 1.82) is 0 Å². The molecule has 3 unspecified atom stereocenters. The first-order valence-corrected chi connectivity index (χ1v) is 6.52. The molecular weight excluding hydrogens is 186 g/mol. The molecular formula is C13H25NO. The standard InChI is InChI=1S/C13H25NO/c1-10(13(2)7-8-13)14-12-6-4-3-5-11(12)9-15/h10-12,14-15H,3-9H2,1-2H3. The van der Waals surface area contributed by atoms with Gasteiger partial charge in [-0.25, -0.2) is 0 Å². The van der Waals surface area contributed by atoms with Gasteiger partial charge >= 0.3 is 0 Å². The summed E-state index contributed by atoms with van der Waals surface area (Å²) in [6.45, 7) is 5.05. The van der Waals surface area contributed by atoms with E-state index in [-0.39, 0.29) is 0 Å². The number of nitrogens with one attached hydrogen (secondary N) is 1. The third-order valence-electron chi connectivity index (χ3n) is 4.69. The van der Waals surface area contributed by atoms with E-state index in [1.807, 2.05) is 0 Å². The molecule has 2 N–H and O–H groups in total. The van der Waals surface area contributed by atoms with Crippen molar-refractivity contribution in [3.05, 3.63) is 0 Å². The van der Waals surface area contributed by atoms with Gasteiger partial charge in [-0.3, -0.25) is 0 Å². The monoisotopic (exact) mass is 211 g/mol. The lowest BCUT2D eigenvalue weighted by Crippen LogP contribution is -2.47. The summed E-state index contributed by atoms with van der Waals surface area (Å²) in [6.07, 6.45) is 7.84. The van der Waals surface area contributed by atoms with E-state index in [9.17, 15) is 5.11 Å². The van der Waals surface area contributed by atoms with Crippen LogP contribution in [-0.2, 0) is 0 Å². The van der Waals surface area contributed by atoms with Crippen LogP contribution in [0, 0.1) is 11.3 Å². The first-order valence-electron chi connectivity index (χ1n) is 6.52. The van der Waals surface area contributed by atoms with Crippen molar-refractivity contribution >= 4 is 0 Å². The average Bonchev–Trinajstić information content (AvgIpc) is 2.99. The van der Waals surface area contributed by atoms with Crippen molar-refractivity contribution < 1.29 is 5.11 Å². The van der Waals surface area contributed by atoms with E-state index in [0.29, 0.717) is 30.0 Å². The molecule has 2 rings (SSSR count). The fraction of sp³-hybridized carbons (Fsp3) is 1.00. The number of aliphatic hydroxyl groups excluding tert-OH is 1. The first kappa shape index (κ1) is 11.4. The van der Waals surface area contributed by atoms with Gasteiger partial charge < -0.3 is 10.4 Å². The van der Waals surface area contributed by atoms with Gasteiger partial charge in [0.05, 0.1) is 0 Å². The molecule has 2 fully saturated rings. The molecule has 2 nitrogen and oxygen atoms in total. The molecule has 88 valence electrons. The second-order valence-electron chi connectivity index (χ2n) is 5.88. The van der Waals surface area contributed by atoms with E-state index in [1.165, 1.54) is 38.5 Å². The number of hydrogen-bond acceptors (Lipinski definition) is 2. The highest BCUT2D eigenvalue weighted by Crippen LogP contribution is 2.48. The van der Waals surface area contributed by atoms with Crippen LogP contribution in [0.25, 0.3) is 0 Å². The second kappa shape index (κ2) is 4.42. The molecule has 0 radical (unpaired) electrons. The van der Waals surface area contributed by atoms with Crippen molar-refractivity contribution in [3.63, 3.8) is 0 Å². The number of aliphatic hydroxyl groups is 1. The highest BCUT2D eigenvalue weighted by Gasteiger charge is 2.43. The summed E-state index contributed by atoms with van der Waals surface area (Å²) in [4.78, 5) is 0. The zero-order valence-corrected chi connectivity index (χ0v) is 10.1. The second-order valence-corrected chi connectivity index (χ2v) is 5.88. The lowest BCUT2D eigenvalue weighted by molar-refractivity contribution is 0.139. The SMILES string of the molecule is CC(NC1CCCCC1CO)C1(C)CC1. The van der Waals surface area contributed by atoms with E-state index >= 15 is 0 Å². The highest BCUT2D eigenvalue weighted by molar-refractivity contribution is 4.98. The Morgan fingerprint density at radius 2 is 2.00 bits per heavy atom.